The number of aliphatic carboxylic acids is 1. The molecule has 0 radical (unpaired) electrons. The monoisotopic (exact) mass is 405 g/mol. The van der Waals surface area contributed by atoms with E-state index in [1.165, 1.54) is 23.1 Å². The van der Waals surface area contributed by atoms with E-state index in [0.29, 0.717) is 18.4 Å². The number of aromatic nitrogens is 2. The predicted octanol–water partition coefficient (Wildman–Crippen LogP) is 4.52. The van der Waals surface area contributed by atoms with Gasteiger partial charge in [-0.2, -0.15) is 13.2 Å². The third kappa shape index (κ3) is 3.71. The van der Waals surface area contributed by atoms with E-state index < -0.39 is 23.9 Å². The van der Waals surface area contributed by atoms with Crippen molar-refractivity contribution in [2.45, 2.75) is 25.1 Å². The lowest BCUT2D eigenvalue weighted by atomic mass is 10.1. The molecule has 1 atom stereocenters. The highest BCUT2D eigenvalue weighted by molar-refractivity contribution is 6.42. The summed E-state index contributed by atoms with van der Waals surface area (Å²) >= 11 is 11.8. The molecule has 10 heteroatoms. The number of alkyl halides is 3. The summed E-state index contributed by atoms with van der Waals surface area (Å²) < 4.78 is 39.8. The lowest BCUT2D eigenvalue weighted by Gasteiger charge is -2.22. The summed E-state index contributed by atoms with van der Waals surface area (Å²) in [6.07, 6.45) is -3.86. The molecule has 1 aliphatic heterocycles. The van der Waals surface area contributed by atoms with Crippen LogP contribution < -0.4 is 4.90 Å². The molecule has 5 nitrogen and oxygen atoms in total. The zero-order valence-corrected chi connectivity index (χ0v) is 14.6. The number of hydrogen-bond donors (Lipinski definition) is 1. The van der Waals surface area contributed by atoms with Gasteiger partial charge in [0.15, 0.2) is 5.69 Å². The van der Waals surface area contributed by atoms with Crippen molar-refractivity contribution in [3.63, 3.8) is 0 Å². The zero-order chi connectivity index (χ0) is 19.1. The number of benzene rings is 1. The Morgan fingerprint density at radius 1 is 1.19 bits per heavy atom. The first kappa shape index (κ1) is 18.7. The number of halogens is 5. The summed E-state index contributed by atoms with van der Waals surface area (Å²) in [5.41, 5.74) is -0.851. The molecular weight excluding hydrogens is 394 g/mol. The van der Waals surface area contributed by atoms with Gasteiger partial charge in [0.2, 0.25) is 5.95 Å². The van der Waals surface area contributed by atoms with Gasteiger partial charge in [-0.1, -0.05) is 29.3 Å². The van der Waals surface area contributed by atoms with Gasteiger partial charge in [-0.3, -0.25) is 0 Å². The van der Waals surface area contributed by atoms with Crippen LogP contribution in [0.4, 0.5) is 19.1 Å². The summed E-state index contributed by atoms with van der Waals surface area (Å²) in [4.78, 5) is 20.3. The van der Waals surface area contributed by atoms with Gasteiger partial charge in [-0.15, -0.1) is 0 Å². The molecule has 0 aliphatic carbocycles. The van der Waals surface area contributed by atoms with E-state index >= 15 is 0 Å². The molecule has 0 saturated carbocycles. The Kier molecular flexibility index (Phi) is 4.98. The summed E-state index contributed by atoms with van der Waals surface area (Å²) in [6.45, 7) is 0.263. The van der Waals surface area contributed by atoms with Gasteiger partial charge in [-0.05, 0) is 31.0 Å². The lowest BCUT2D eigenvalue weighted by Crippen LogP contribution is -2.37. The Morgan fingerprint density at radius 3 is 2.54 bits per heavy atom. The summed E-state index contributed by atoms with van der Waals surface area (Å²) in [6, 6.07) is 4.17. The van der Waals surface area contributed by atoms with Gasteiger partial charge in [0.05, 0.1) is 15.7 Å². The summed E-state index contributed by atoms with van der Waals surface area (Å²) in [7, 11) is 0. The molecule has 1 N–H and O–H groups in total. The van der Waals surface area contributed by atoms with Gasteiger partial charge in [0.1, 0.15) is 6.04 Å². The number of carbonyl (C=O) groups is 1. The van der Waals surface area contributed by atoms with Crippen LogP contribution in [0.2, 0.25) is 10.0 Å². The smallest absolute Gasteiger partial charge is 0.433 e. The van der Waals surface area contributed by atoms with Crippen molar-refractivity contribution < 1.29 is 23.1 Å². The van der Waals surface area contributed by atoms with Crippen LogP contribution in [0.25, 0.3) is 11.3 Å². The fourth-order valence-corrected chi connectivity index (χ4v) is 3.07. The molecule has 0 spiro atoms. The van der Waals surface area contributed by atoms with Crippen LogP contribution in [0.3, 0.4) is 0 Å². The number of nitrogens with zero attached hydrogens (tertiary/aromatic N) is 3. The molecule has 1 aromatic heterocycles. The molecule has 26 heavy (non-hydrogen) atoms. The fourth-order valence-electron chi connectivity index (χ4n) is 2.77. The molecule has 1 saturated heterocycles. The highest BCUT2D eigenvalue weighted by Crippen LogP contribution is 2.35. The van der Waals surface area contributed by atoms with Crippen molar-refractivity contribution in [2.75, 3.05) is 11.4 Å². The van der Waals surface area contributed by atoms with E-state index in [9.17, 15) is 23.1 Å². The second-order valence-electron chi connectivity index (χ2n) is 5.75. The Morgan fingerprint density at radius 2 is 1.92 bits per heavy atom. The van der Waals surface area contributed by atoms with Crippen LogP contribution in [0.15, 0.2) is 24.3 Å². The van der Waals surface area contributed by atoms with E-state index in [2.05, 4.69) is 9.97 Å². The number of rotatable bonds is 3. The number of carboxylic acid groups (broad SMARTS) is 1. The highest BCUT2D eigenvalue weighted by atomic mass is 35.5. The Hall–Kier alpha value is -2.06. The largest absolute Gasteiger partial charge is 0.480 e. The first-order valence-corrected chi connectivity index (χ1v) is 8.33. The van der Waals surface area contributed by atoms with E-state index in [1.807, 2.05) is 0 Å². The summed E-state index contributed by atoms with van der Waals surface area (Å²) in [5, 5.41) is 9.70. The maximum absolute atomic E-state index is 13.3. The van der Waals surface area contributed by atoms with Crippen molar-refractivity contribution in [2.24, 2.45) is 0 Å². The van der Waals surface area contributed by atoms with Crippen LogP contribution in [0, 0.1) is 0 Å². The highest BCUT2D eigenvalue weighted by Gasteiger charge is 2.37. The minimum absolute atomic E-state index is 0.0167. The van der Waals surface area contributed by atoms with Gasteiger partial charge in [0, 0.05) is 12.1 Å². The van der Waals surface area contributed by atoms with Crippen LogP contribution in [0.1, 0.15) is 18.5 Å². The van der Waals surface area contributed by atoms with Gasteiger partial charge >= 0.3 is 12.1 Å². The van der Waals surface area contributed by atoms with Crippen LogP contribution in [-0.4, -0.2) is 33.6 Å². The van der Waals surface area contributed by atoms with Crippen molar-refractivity contribution in [1.82, 2.24) is 9.97 Å². The molecule has 0 amide bonds. The van der Waals surface area contributed by atoms with Gasteiger partial charge in [0.25, 0.3) is 0 Å². The molecule has 1 aliphatic rings. The van der Waals surface area contributed by atoms with Gasteiger partial charge < -0.3 is 10.0 Å². The molecule has 1 aromatic carbocycles. The summed E-state index contributed by atoms with van der Waals surface area (Å²) in [5.74, 6) is -1.40. The minimum atomic E-state index is -4.71. The zero-order valence-electron chi connectivity index (χ0n) is 13.1. The predicted molar refractivity (Wildman–Crippen MR) is 90.5 cm³/mol. The number of anilines is 1. The normalized spacial score (nSPS) is 17.6. The molecular formula is C16H12Cl2F3N3O2. The van der Waals surface area contributed by atoms with Crippen molar-refractivity contribution in [3.05, 3.63) is 40.0 Å². The third-order valence-electron chi connectivity index (χ3n) is 4.01. The standard InChI is InChI=1S/C16H12Cl2F3N3O2/c17-9-4-3-8(6-10(9)18)11-7-13(16(19,20)21)23-15(22-11)24-5-1-2-12(24)14(25)26/h3-4,6-7,12H,1-2,5H2,(H,25,26)/t12-/m0/s1. The van der Waals surface area contributed by atoms with Crippen molar-refractivity contribution in [3.8, 4) is 11.3 Å². The number of carboxylic acids is 1. The van der Waals surface area contributed by atoms with Gasteiger partial charge in [-0.25, -0.2) is 14.8 Å². The first-order chi connectivity index (χ1) is 12.2. The second kappa shape index (κ2) is 6.92. The third-order valence-corrected chi connectivity index (χ3v) is 4.75. The minimum Gasteiger partial charge on any atom is -0.480 e. The molecule has 2 heterocycles. The Labute approximate surface area is 156 Å². The Bertz CT molecular complexity index is 861. The van der Waals surface area contributed by atoms with Crippen molar-refractivity contribution >= 4 is 35.1 Å². The molecule has 1 fully saturated rings. The second-order valence-corrected chi connectivity index (χ2v) is 6.57. The molecule has 0 unspecified atom stereocenters. The topological polar surface area (TPSA) is 66.3 Å². The molecule has 2 aromatic rings. The van der Waals surface area contributed by atoms with Crippen LogP contribution in [-0.2, 0) is 11.0 Å². The average Bonchev–Trinajstić information content (AvgIpc) is 3.06. The first-order valence-electron chi connectivity index (χ1n) is 7.58. The Balaban J connectivity index is 2.13. The molecule has 3 rings (SSSR count). The molecule has 138 valence electrons. The fraction of sp³-hybridized carbons (Fsp3) is 0.312. The maximum Gasteiger partial charge on any atom is 0.433 e. The average molecular weight is 406 g/mol. The van der Waals surface area contributed by atoms with Crippen LogP contribution in [0.5, 0.6) is 0 Å². The number of hydrogen-bond acceptors (Lipinski definition) is 4. The maximum atomic E-state index is 13.3. The molecule has 0 bridgehead atoms. The van der Waals surface area contributed by atoms with E-state index in [0.717, 1.165) is 6.07 Å². The van der Waals surface area contributed by atoms with Crippen molar-refractivity contribution in [1.29, 1.82) is 0 Å². The quantitative estimate of drug-likeness (QED) is 0.812. The van der Waals surface area contributed by atoms with E-state index in [4.69, 9.17) is 23.2 Å². The van der Waals surface area contributed by atoms with E-state index in [1.54, 1.807) is 0 Å². The lowest BCUT2D eigenvalue weighted by molar-refractivity contribution is -0.141. The van der Waals surface area contributed by atoms with Crippen LogP contribution >= 0.6 is 23.2 Å². The van der Waals surface area contributed by atoms with E-state index in [-0.39, 0.29) is 28.2 Å². The SMILES string of the molecule is O=C(O)[C@@H]1CCCN1c1nc(-c2ccc(Cl)c(Cl)c2)cc(C(F)(F)F)n1.